The number of carbonyl (C=O) groups excluding carboxylic acids is 2. The maximum absolute atomic E-state index is 13.8. The van der Waals surface area contributed by atoms with E-state index < -0.39 is 28.3 Å². The van der Waals surface area contributed by atoms with Gasteiger partial charge in [-0.2, -0.15) is 0 Å². The number of nitro groups is 1. The highest BCUT2D eigenvalue weighted by molar-refractivity contribution is 6.14. The molecule has 0 aromatic heterocycles. The number of carbonyl (C=O) groups is 2. The first-order valence-corrected chi connectivity index (χ1v) is 5.79. The number of para-hydroxylation sites is 1. The summed E-state index contributed by atoms with van der Waals surface area (Å²) in [5.41, 5.74) is -0.871. The summed E-state index contributed by atoms with van der Waals surface area (Å²) < 4.78 is 13.8. The Morgan fingerprint density at radius 3 is 2.42 bits per heavy atom. The number of hydrogen-bond acceptors (Lipinski definition) is 4. The molecule has 0 aliphatic rings. The van der Waals surface area contributed by atoms with E-state index in [2.05, 4.69) is 0 Å². The number of halogens is 1. The molecule has 1 aromatic carbocycles. The fraction of sp³-hybridized carbons (Fsp3) is 0.385. The van der Waals surface area contributed by atoms with Crippen LogP contribution in [0.1, 0.15) is 30.6 Å². The highest BCUT2D eigenvalue weighted by atomic mass is 19.1. The number of nitro benzene ring substituents is 1. The van der Waals surface area contributed by atoms with E-state index >= 15 is 0 Å². The Kier molecular flexibility index (Phi) is 4.86. The van der Waals surface area contributed by atoms with E-state index in [0.717, 1.165) is 12.1 Å². The van der Waals surface area contributed by atoms with Crippen molar-refractivity contribution in [1.82, 2.24) is 0 Å². The minimum Gasteiger partial charge on any atom is -0.296 e. The van der Waals surface area contributed by atoms with E-state index in [9.17, 15) is 24.1 Å². The topological polar surface area (TPSA) is 77.3 Å². The van der Waals surface area contributed by atoms with Crippen LogP contribution in [0.3, 0.4) is 0 Å². The van der Waals surface area contributed by atoms with Gasteiger partial charge in [0.15, 0.2) is 5.78 Å². The third-order valence-corrected chi connectivity index (χ3v) is 2.49. The van der Waals surface area contributed by atoms with Crippen LogP contribution in [0.2, 0.25) is 0 Å². The highest BCUT2D eigenvalue weighted by Gasteiger charge is 2.31. The second-order valence-electron chi connectivity index (χ2n) is 4.57. The number of benzene rings is 1. The molecule has 0 saturated heterocycles. The molecule has 0 bridgehead atoms. The first-order chi connectivity index (χ1) is 8.84. The number of nitrogens with zero attached hydrogens (tertiary/aromatic N) is 1. The Morgan fingerprint density at radius 1 is 1.32 bits per heavy atom. The monoisotopic (exact) mass is 267 g/mol. The molecule has 6 heteroatoms. The van der Waals surface area contributed by atoms with Crippen molar-refractivity contribution >= 4 is 17.3 Å². The Balaban J connectivity index is 3.01. The molecule has 0 heterocycles. The highest BCUT2D eigenvalue weighted by Crippen LogP contribution is 2.21. The summed E-state index contributed by atoms with van der Waals surface area (Å²) in [5.74, 6) is -2.08. The molecule has 1 unspecified atom stereocenters. The molecule has 19 heavy (non-hydrogen) atoms. The largest absolute Gasteiger partial charge is 0.296 e. The quantitative estimate of drug-likeness (QED) is 0.343. The van der Waals surface area contributed by atoms with Crippen LogP contribution in [-0.2, 0) is 4.79 Å². The van der Waals surface area contributed by atoms with E-state index in [1.54, 1.807) is 13.8 Å². The molecular weight excluding hydrogens is 253 g/mol. The second kappa shape index (κ2) is 6.17. The van der Waals surface area contributed by atoms with Crippen molar-refractivity contribution in [3.63, 3.8) is 0 Å². The Hall–Kier alpha value is -2.11. The van der Waals surface area contributed by atoms with Gasteiger partial charge in [0.25, 0.3) is 5.69 Å². The van der Waals surface area contributed by atoms with E-state index in [1.165, 1.54) is 12.1 Å². The van der Waals surface area contributed by atoms with Crippen molar-refractivity contribution in [2.45, 2.75) is 26.4 Å². The lowest BCUT2D eigenvalue weighted by atomic mass is 9.97. The molecule has 0 spiro atoms. The van der Waals surface area contributed by atoms with E-state index in [-0.39, 0.29) is 17.9 Å². The normalized spacial score (nSPS) is 12.2. The summed E-state index contributed by atoms with van der Waals surface area (Å²) in [4.78, 5) is 33.2. The minimum absolute atomic E-state index is 0.0759. The zero-order valence-corrected chi connectivity index (χ0v) is 10.6. The second-order valence-corrected chi connectivity index (χ2v) is 4.57. The van der Waals surface area contributed by atoms with E-state index in [0.29, 0.717) is 0 Å². The van der Waals surface area contributed by atoms with Gasteiger partial charge in [-0.3, -0.25) is 19.7 Å². The first kappa shape index (κ1) is 14.9. The number of Topliss-reactive ketones (excluding diaryl/α,β-unsaturated/α-hetero) is 2. The van der Waals surface area contributed by atoms with Crippen LogP contribution in [0.15, 0.2) is 24.3 Å². The van der Waals surface area contributed by atoms with Gasteiger partial charge >= 0.3 is 0 Å². The number of ketones is 2. The van der Waals surface area contributed by atoms with Crippen LogP contribution in [0, 0.1) is 16.0 Å². The summed E-state index contributed by atoms with van der Waals surface area (Å²) in [6.07, 6.45) is -2.42. The fourth-order valence-electron chi connectivity index (χ4n) is 1.63. The van der Waals surface area contributed by atoms with Gasteiger partial charge in [-0.25, -0.2) is 4.39 Å². The minimum atomic E-state index is -2.34. The predicted octanol–water partition coefficient (Wildman–Crippen LogP) is 2.73. The van der Waals surface area contributed by atoms with Gasteiger partial charge < -0.3 is 0 Å². The van der Waals surface area contributed by atoms with Gasteiger partial charge in [-0.1, -0.05) is 26.0 Å². The maximum atomic E-state index is 13.8. The van der Waals surface area contributed by atoms with Gasteiger partial charge in [-0.15, -0.1) is 0 Å². The lowest BCUT2D eigenvalue weighted by molar-refractivity contribution is -0.385. The number of rotatable bonds is 6. The summed E-state index contributed by atoms with van der Waals surface area (Å²) in [6.45, 7) is 3.44. The molecular formula is C13H14FNO4. The van der Waals surface area contributed by atoms with Gasteiger partial charge in [-0.05, 0) is 12.0 Å². The molecule has 0 fully saturated rings. The fourth-order valence-corrected chi connectivity index (χ4v) is 1.63. The van der Waals surface area contributed by atoms with Gasteiger partial charge in [0.2, 0.25) is 12.0 Å². The Labute approximate surface area is 109 Å². The van der Waals surface area contributed by atoms with Crippen molar-refractivity contribution in [2.24, 2.45) is 5.92 Å². The molecule has 5 nitrogen and oxygen atoms in total. The standard InChI is InChI=1S/C13H14FNO4/c1-8(2)7-11(16)12(14)13(17)9-5-3-4-6-10(9)15(18)19/h3-6,8,12H,7H2,1-2H3. The predicted molar refractivity (Wildman–Crippen MR) is 66.8 cm³/mol. The number of hydrogen-bond donors (Lipinski definition) is 0. The average molecular weight is 267 g/mol. The van der Waals surface area contributed by atoms with Crippen LogP contribution in [0.4, 0.5) is 10.1 Å². The van der Waals surface area contributed by atoms with Crippen LogP contribution in [0.5, 0.6) is 0 Å². The molecule has 1 atom stereocenters. The Morgan fingerprint density at radius 2 is 1.89 bits per heavy atom. The van der Waals surface area contributed by atoms with Crippen molar-refractivity contribution in [3.8, 4) is 0 Å². The van der Waals surface area contributed by atoms with Crippen LogP contribution < -0.4 is 0 Å². The van der Waals surface area contributed by atoms with Crippen LogP contribution in [-0.4, -0.2) is 22.7 Å². The molecule has 1 rings (SSSR count). The summed E-state index contributed by atoms with van der Waals surface area (Å²) in [7, 11) is 0. The smallest absolute Gasteiger partial charge is 0.280 e. The Bertz CT molecular complexity index is 513. The summed E-state index contributed by atoms with van der Waals surface area (Å²) >= 11 is 0. The molecule has 0 N–H and O–H groups in total. The molecule has 1 aromatic rings. The van der Waals surface area contributed by atoms with Crippen molar-refractivity contribution < 1.29 is 18.9 Å². The third-order valence-electron chi connectivity index (χ3n) is 2.49. The van der Waals surface area contributed by atoms with Crippen LogP contribution in [0.25, 0.3) is 0 Å². The van der Waals surface area contributed by atoms with Crippen molar-refractivity contribution in [2.75, 3.05) is 0 Å². The number of alkyl halides is 1. The molecule has 0 amide bonds. The van der Waals surface area contributed by atoms with E-state index in [1.807, 2.05) is 0 Å². The lowest BCUT2D eigenvalue weighted by Crippen LogP contribution is -2.27. The molecule has 0 saturated carbocycles. The SMILES string of the molecule is CC(C)CC(=O)C(F)C(=O)c1ccccc1[N+](=O)[O-]. The zero-order chi connectivity index (χ0) is 14.6. The van der Waals surface area contributed by atoms with Crippen molar-refractivity contribution in [1.29, 1.82) is 0 Å². The maximum Gasteiger partial charge on any atom is 0.280 e. The van der Waals surface area contributed by atoms with Gasteiger partial charge in [0, 0.05) is 12.5 Å². The zero-order valence-electron chi connectivity index (χ0n) is 10.6. The molecule has 0 aliphatic heterocycles. The van der Waals surface area contributed by atoms with Gasteiger partial charge in [0.1, 0.15) is 0 Å². The molecule has 102 valence electrons. The summed E-state index contributed by atoms with van der Waals surface area (Å²) in [6, 6.07) is 5.01. The first-order valence-electron chi connectivity index (χ1n) is 5.79. The molecule has 0 aliphatic carbocycles. The molecule has 0 radical (unpaired) electrons. The van der Waals surface area contributed by atoms with Gasteiger partial charge in [0.05, 0.1) is 10.5 Å². The van der Waals surface area contributed by atoms with Crippen LogP contribution >= 0.6 is 0 Å². The van der Waals surface area contributed by atoms with Crippen molar-refractivity contribution in [3.05, 3.63) is 39.9 Å². The third kappa shape index (κ3) is 3.67. The summed E-state index contributed by atoms with van der Waals surface area (Å²) in [5, 5.41) is 10.7. The average Bonchev–Trinajstić information content (AvgIpc) is 2.36. The van der Waals surface area contributed by atoms with E-state index in [4.69, 9.17) is 0 Å². The lowest BCUT2D eigenvalue weighted by Gasteiger charge is -2.08.